The summed E-state index contributed by atoms with van der Waals surface area (Å²) in [4.78, 5) is 25.8. The van der Waals surface area contributed by atoms with Gasteiger partial charge < -0.3 is 16.0 Å². The highest BCUT2D eigenvalue weighted by Gasteiger charge is 2.13. The summed E-state index contributed by atoms with van der Waals surface area (Å²) in [6.45, 7) is 0. The number of nitrogen functional groups attached to an aromatic ring is 1. The van der Waals surface area contributed by atoms with Crippen LogP contribution in [0.4, 0.5) is 11.4 Å². The summed E-state index contributed by atoms with van der Waals surface area (Å²) in [5.74, 6) is -0.385. The second-order valence-electron chi connectivity index (χ2n) is 4.44. The Morgan fingerprint density at radius 3 is 2.60 bits per heavy atom. The topological polar surface area (TPSA) is 75.4 Å². The van der Waals surface area contributed by atoms with E-state index in [1.54, 1.807) is 49.8 Å². The molecule has 2 rings (SSSR count). The summed E-state index contributed by atoms with van der Waals surface area (Å²) in [5.41, 5.74) is 7.24. The van der Waals surface area contributed by atoms with Crippen molar-refractivity contribution in [2.75, 3.05) is 25.1 Å². The molecule has 0 bridgehead atoms. The fourth-order valence-corrected chi connectivity index (χ4v) is 2.39. The van der Waals surface area contributed by atoms with Gasteiger partial charge in [0.1, 0.15) is 4.88 Å². The molecule has 0 saturated carbocycles. The molecule has 20 heavy (non-hydrogen) atoms. The van der Waals surface area contributed by atoms with Gasteiger partial charge in [-0.05, 0) is 29.6 Å². The number of carbonyl (C=O) groups excluding carboxylic acids is 2. The maximum atomic E-state index is 12.0. The van der Waals surface area contributed by atoms with Crippen LogP contribution < -0.4 is 11.1 Å². The van der Waals surface area contributed by atoms with E-state index in [-0.39, 0.29) is 11.8 Å². The van der Waals surface area contributed by atoms with Gasteiger partial charge in [-0.1, -0.05) is 6.07 Å². The molecule has 0 aliphatic rings. The van der Waals surface area contributed by atoms with E-state index < -0.39 is 0 Å². The van der Waals surface area contributed by atoms with Crippen molar-refractivity contribution in [3.05, 3.63) is 46.2 Å². The van der Waals surface area contributed by atoms with Crippen LogP contribution in [0.25, 0.3) is 0 Å². The Bertz CT molecular complexity index is 649. The monoisotopic (exact) mass is 289 g/mol. The van der Waals surface area contributed by atoms with Crippen LogP contribution in [-0.4, -0.2) is 30.8 Å². The van der Waals surface area contributed by atoms with E-state index in [1.807, 2.05) is 0 Å². The number of carbonyl (C=O) groups is 2. The van der Waals surface area contributed by atoms with E-state index >= 15 is 0 Å². The molecular weight excluding hydrogens is 274 g/mol. The molecule has 0 aliphatic heterocycles. The molecule has 3 N–H and O–H groups in total. The predicted molar refractivity (Wildman–Crippen MR) is 81.1 cm³/mol. The summed E-state index contributed by atoms with van der Waals surface area (Å²) in [6, 6.07) is 8.49. The number of anilines is 2. The highest BCUT2D eigenvalue weighted by molar-refractivity contribution is 7.12. The quantitative estimate of drug-likeness (QED) is 0.910. The Morgan fingerprint density at radius 2 is 2.00 bits per heavy atom. The fraction of sp³-hybridized carbons (Fsp3) is 0.143. The van der Waals surface area contributed by atoms with Crippen LogP contribution in [0, 0.1) is 0 Å². The van der Waals surface area contributed by atoms with Crippen LogP contribution in [0.2, 0.25) is 0 Å². The van der Waals surface area contributed by atoms with Gasteiger partial charge in [-0.3, -0.25) is 9.59 Å². The third-order valence-electron chi connectivity index (χ3n) is 2.68. The Morgan fingerprint density at radius 1 is 1.25 bits per heavy atom. The lowest BCUT2D eigenvalue weighted by Gasteiger charge is -2.11. The summed E-state index contributed by atoms with van der Waals surface area (Å²) >= 11 is 1.28. The second-order valence-corrected chi connectivity index (χ2v) is 5.36. The molecule has 0 radical (unpaired) electrons. The van der Waals surface area contributed by atoms with Gasteiger partial charge in [0, 0.05) is 25.3 Å². The first-order valence-corrected chi connectivity index (χ1v) is 6.83. The van der Waals surface area contributed by atoms with Gasteiger partial charge in [0.2, 0.25) is 0 Å². The van der Waals surface area contributed by atoms with Crippen molar-refractivity contribution in [1.82, 2.24) is 4.90 Å². The third-order valence-corrected chi connectivity index (χ3v) is 3.60. The molecule has 0 saturated heterocycles. The maximum Gasteiger partial charge on any atom is 0.267 e. The van der Waals surface area contributed by atoms with Crippen LogP contribution in [-0.2, 0) is 0 Å². The second kappa shape index (κ2) is 5.75. The van der Waals surface area contributed by atoms with Crippen LogP contribution in [0.15, 0.2) is 35.7 Å². The van der Waals surface area contributed by atoms with E-state index in [0.717, 1.165) is 0 Å². The SMILES string of the molecule is CN(C)C(=O)c1cccc(NC(=O)c2sccc2N)c1. The molecule has 2 amide bonds. The number of hydrogen-bond acceptors (Lipinski definition) is 4. The van der Waals surface area contributed by atoms with Gasteiger partial charge in [-0.2, -0.15) is 0 Å². The van der Waals surface area contributed by atoms with Gasteiger partial charge in [-0.15, -0.1) is 11.3 Å². The largest absolute Gasteiger partial charge is 0.397 e. The molecule has 0 atom stereocenters. The first-order chi connectivity index (χ1) is 9.49. The molecule has 0 fully saturated rings. The van der Waals surface area contributed by atoms with E-state index in [2.05, 4.69) is 5.32 Å². The van der Waals surface area contributed by atoms with Gasteiger partial charge in [0.25, 0.3) is 11.8 Å². The molecule has 0 aliphatic carbocycles. The van der Waals surface area contributed by atoms with Crippen LogP contribution in [0.5, 0.6) is 0 Å². The van der Waals surface area contributed by atoms with Crippen molar-refractivity contribution in [1.29, 1.82) is 0 Å². The molecular formula is C14H15N3O2S. The number of rotatable bonds is 3. The lowest BCUT2D eigenvalue weighted by atomic mass is 10.2. The summed E-state index contributed by atoms with van der Waals surface area (Å²) in [6.07, 6.45) is 0. The number of amides is 2. The lowest BCUT2D eigenvalue weighted by molar-refractivity contribution is 0.0827. The number of thiophene rings is 1. The van der Waals surface area contributed by atoms with Crippen molar-refractivity contribution in [2.24, 2.45) is 0 Å². The molecule has 1 aromatic heterocycles. The molecule has 5 nitrogen and oxygen atoms in total. The Balaban J connectivity index is 2.18. The highest BCUT2D eigenvalue weighted by atomic mass is 32.1. The molecule has 6 heteroatoms. The van der Waals surface area contributed by atoms with Crippen molar-refractivity contribution >= 4 is 34.5 Å². The normalized spacial score (nSPS) is 10.1. The Hall–Kier alpha value is -2.34. The number of nitrogens with zero attached hydrogens (tertiary/aromatic N) is 1. The van der Waals surface area contributed by atoms with Crippen LogP contribution in [0.1, 0.15) is 20.0 Å². The van der Waals surface area contributed by atoms with Crippen molar-refractivity contribution in [3.63, 3.8) is 0 Å². The zero-order valence-corrected chi connectivity index (χ0v) is 12.0. The van der Waals surface area contributed by atoms with Crippen molar-refractivity contribution in [3.8, 4) is 0 Å². The number of hydrogen-bond donors (Lipinski definition) is 2. The van der Waals surface area contributed by atoms with E-state index in [0.29, 0.717) is 21.8 Å². The summed E-state index contributed by atoms with van der Waals surface area (Å²) in [7, 11) is 3.36. The number of nitrogens with one attached hydrogen (secondary N) is 1. The zero-order chi connectivity index (χ0) is 14.7. The van der Waals surface area contributed by atoms with Crippen LogP contribution >= 0.6 is 11.3 Å². The van der Waals surface area contributed by atoms with Gasteiger partial charge >= 0.3 is 0 Å². The van der Waals surface area contributed by atoms with E-state index in [9.17, 15) is 9.59 Å². The maximum absolute atomic E-state index is 12.0. The molecule has 1 heterocycles. The molecule has 0 unspecified atom stereocenters. The fourth-order valence-electron chi connectivity index (χ4n) is 1.68. The summed E-state index contributed by atoms with van der Waals surface area (Å²) in [5, 5.41) is 4.50. The third kappa shape index (κ3) is 2.97. The molecule has 0 spiro atoms. The Kier molecular flexibility index (Phi) is 4.05. The standard InChI is InChI=1S/C14H15N3O2S/c1-17(2)14(19)9-4-3-5-10(8-9)16-13(18)12-11(15)6-7-20-12/h3-8H,15H2,1-2H3,(H,16,18). The van der Waals surface area contributed by atoms with Gasteiger partial charge in [0.15, 0.2) is 0 Å². The minimum atomic E-state index is -0.271. The average molecular weight is 289 g/mol. The first-order valence-electron chi connectivity index (χ1n) is 5.95. The first kappa shape index (κ1) is 14.1. The lowest BCUT2D eigenvalue weighted by Crippen LogP contribution is -2.21. The van der Waals surface area contributed by atoms with Crippen molar-refractivity contribution in [2.45, 2.75) is 0 Å². The number of benzene rings is 1. The Labute approximate surface area is 121 Å². The zero-order valence-electron chi connectivity index (χ0n) is 11.2. The van der Waals surface area contributed by atoms with Gasteiger partial charge in [0.05, 0.1) is 5.69 Å². The molecule has 1 aromatic carbocycles. The van der Waals surface area contributed by atoms with E-state index in [1.165, 1.54) is 16.2 Å². The van der Waals surface area contributed by atoms with Crippen molar-refractivity contribution < 1.29 is 9.59 Å². The minimum Gasteiger partial charge on any atom is -0.397 e. The summed E-state index contributed by atoms with van der Waals surface area (Å²) < 4.78 is 0. The van der Waals surface area contributed by atoms with Gasteiger partial charge in [-0.25, -0.2) is 0 Å². The van der Waals surface area contributed by atoms with E-state index in [4.69, 9.17) is 5.73 Å². The predicted octanol–water partition coefficient (Wildman–Crippen LogP) is 2.28. The number of nitrogens with two attached hydrogens (primary N) is 1. The van der Waals surface area contributed by atoms with Crippen LogP contribution in [0.3, 0.4) is 0 Å². The average Bonchev–Trinajstić information content (AvgIpc) is 2.84. The molecule has 2 aromatic rings. The minimum absolute atomic E-state index is 0.114. The molecule has 104 valence electrons. The highest BCUT2D eigenvalue weighted by Crippen LogP contribution is 2.21. The smallest absolute Gasteiger partial charge is 0.267 e.